The topological polar surface area (TPSA) is 88.8 Å². The van der Waals surface area contributed by atoms with E-state index in [1.807, 2.05) is 13.1 Å². The van der Waals surface area contributed by atoms with Gasteiger partial charge in [-0.25, -0.2) is 9.50 Å². The van der Waals surface area contributed by atoms with E-state index in [0.29, 0.717) is 6.42 Å². The molecule has 2 aromatic heterocycles. The monoisotopic (exact) mass is 205 g/mol. The van der Waals surface area contributed by atoms with Crippen LogP contribution in [-0.2, 0) is 6.42 Å². The average Bonchev–Trinajstić information content (AvgIpc) is 2.60. The Hall–Kier alpha value is -2.11. The lowest BCUT2D eigenvalue weighted by Gasteiger charge is -1.97. The van der Waals surface area contributed by atoms with Crippen LogP contribution in [0.1, 0.15) is 11.1 Å². The maximum Gasteiger partial charge on any atom is 0.158 e. The van der Waals surface area contributed by atoms with Gasteiger partial charge in [0.25, 0.3) is 0 Å². The number of amidine groups is 1. The van der Waals surface area contributed by atoms with E-state index in [4.69, 9.17) is 10.9 Å². The summed E-state index contributed by atoms with van der Waals surface area (Å²) in [5.74, 6) is 0.146. The number of nitrogens with two attached hydrogens (primary N) is 1. The summed E-state index contributed by atoms with van der Waals surface area (Å²) in [6.07, 6.45) is 5.64. The van der Waals surface area contributed by atoms with Gasteiger partial charge in [-0.1, -0.05) is 5.16 Å². The molecule has 0 aliphatic heterocycles. The van der Waals surface area contributed by atoms with Crippen molar-refractivity contribution in [1.29, 1.82) is 0 Å². The highest BCUT2D eigenvalue weighted by molar-refractivity contribution is 5.83. The molecule has 2 rings (SSSR count). The van der Waals surface area contributed by atoms with E-state index >= 15 is 0 Å². The third-order valence-corrected chi connectivity index (χ3v) is 2.06. The van der Waals surface area contributed by atoms with Gasteiger partial charge in [-0.05, 0) is 12.5 Å². The fraction of sp³-hybridized carbons (Fsp3) is 0.222. The summed E-state index contributed by atoms with van der Waals surface area (Å²) < 4.78 is 1.68. The summed E-state index contributed by atoms with van der Waals surface area (Å²) in [6, 6.07) is 0. The van der Waals surface area contributed by atoms with Crippen molar-refractivity contribution in [3.8, 4) is 0 Å². The Morgan fingerprint density at radius 2 is 2.40 bits per heavy atom. The second-order valence-corrected chi connectivity index (χ2v) is 3.34. The lowest BCUT2D eigenvalue weighted by Crippen LogP contribution is -2.14. The molecule has 2 aromatic rings. The summed E-state index contributed by atoms with van der Waals surface area (Å²) in [5.41, 5.74) is 8.02. The highest BCUT2D eigenvalue weighted by atomic mass is 16.4. The first-order chi connectivity index (χ1) is 7.20. The molecular weight excluding hydrogens is 194 g/mol. The molecule has 0 aliphatic carbocycles. The fourth-order valence-corrected chi connectivity index (χ4v) is 1.37. The number of aryl methyl sites for hydroxylation is 1. The molecule has 78 valence electrons. The summed E-state index contributed by atoms with van der Waals surface area (Å²) >= 11 is 0. The van der Waals surface area contributed by atoms with Crippen LogP contribution < -0.4 is 5.73 Å². The van der Waals surface area contributed by atoms with Crippen LogP contribution in [0.25, 0.3) is 5.65 Å². The highest BCUT2D eigenvalue weighted by Gasteiger charge is 2.07. The fourth-order valence-electron chi connectivity index (χ4n) is 1.37. The van der Waals surface area contributed by atoms with Crippen LogP contribution in [0.2, 0.25) is 0 Å². The van der Waals surface area contributed by atoms with Gasteiger partial charge in [0.2, 0.25) is 0 Å². The minimum absolute atomic E-state index is 0.146. The number of hydrogen-bond donors (Lipinski definition) is 2. The summed E-state index contributed by atoms with van der Waals surface area (Å²) in [5, 5.41) is 15.5. The molecule has 6 nitrogen and oxygen atoms in total. The quantitative estimate of drug-likeness (QED) is 0.320. The second kappa shape index (κ2) is 3.56. The van der Waals surface area contributed by atoms with Crippen LogP contribution in [-0.4, -0.2) is 25.6 Å². The van der Waals surface area contributed by atoms with E-state index in [9.17, 15) is 0 Å². The van der Waals surface area contributed by atoms with Crippen LogP contribution in [0.15, 0.2) is 23.7 Å². The second-order valence-electron chi connectivity index (χ2n) is 3.34. The first-order valence-electron chi connectivity index (χ1n) is 4.46. The van der Waals surface area contributed by atoms with Gasteiger partial charge >= 0.3 is 0 Å². The maximum absolute atomic E-state index is 8.47. The Balaban J connectivity index is 2.45. The molecule has 2 heterocycles. The zero-order valence-corrected chi connectivity index (χ0v) is 8.25. The largest absolute Gasteiger partial charge is 0.409 e. The van der Waals surface area contributed by atoms with Gasteiger partial charge in [0.05, 0.1) is 6.20 Å². The maximum atomic E-state index is 8.47. The summed E-state index contributed by atoms with van der Waals surface area (Å²) in [4.78, 5) is 4.24. The van der Waals surface area contributed by atoms with Gasteiger partial charge in [-0.2, -0.15) is 5.10 Å². The molecule has 15 heavy (non-hydrogen) atoms. The lowest BCUT2D eigenvalue weighted by molar-refractivity contribution is 0.317. The van der Waals surface area contributed by atoms with Crippen LogP contribution in [0.3, 0.4) is 0 Å². The van der Waals surface area contributed by atoms with Crippen molar-refractivity contribution in [3.05, 3.63) is 29.7 Å². The Morgan fingerprint density at radius 1 is 1.60 bits per heavy atom. The van der Waals surface area contributed by atoms with Crippen molar-refractivity contribution in [1.82, 2.24) is 14.6 Å². The number of hydrogen-bond acceptors (Lipinski definition) is 4. The van der Waals surface area contributed by atoms with E-state index in [0.717, 1.165) is 16.8 Å². The van der Waals surface area contributed by atoms with Gasteiger partial charge in [-0.3, -0.25) is 0 Å². The molecule has 0 saturated carbocycles. The molecule has 0 aromatic carbocycles. The SMILES string of the molecule is Cc1cnc2c(C/C(N)=N/O)cnn2c1. The van der Waals surface area contributed by atoms with E-state index in [-0.39, 0.29) is 5.84 Å². The summed E-state index contributed by atoms with van der Waals surface area (Å²) in [6.45, 7) is 1.94. The van der Waals surface area contributed by atoms with Crippen LogP contribution in [0.5, 0.6) is 0 Å². The third-order valence-electron chi connectivity index (χ3n) is 2.06. The number of rotatable bonds is 2. The van der Waals surface area contributed by atoms with Gasteiger partial charge in [0.15, 0.2) is 5.65 Å². The highest BCUT2D eigenvalue weighted by Crippen LogP contribution is 2.08. The molecule has 0 saturated heterocycles. The van der Waals surface area contributed by atoms with Gasteiger partial charge in [-0.15, -0.1) is 0 Å². The third kappa shape index (κ3) is 1.74. The standard InChI is InChI=1S/C9H11N5O/c1-6-3-11-9-7(2-8(10)13-15)4-12-14(9)5-6/h3-5,15H,2H2,1H3,(H2,10,13). The Bertz CT molecular complexity index is 516. The predicted molar refractivity (Wildman–Crippen MR) is 54.8 cm³/mol. The predicted octanol–water partition coefficient (Wildman–Crippen LogP) is 0.327. The van der Waals surface area contributed by atoms with E-state index in [2.05, 4.69) is 15.2 Å². The molecule has 0 amide bonds. The van der Waals surface area contributed by atoms with Crippen molar-refractivity contribution in [2.45, 2.75) is 13.3 Å². The Kier molecular flexibility index (Phi) is 2.24. The number of fused-ring (bicyclic) bond motifs is 1. The Labute approximate surface area is 86.0 Å². The van der Waals surface area contributed by atoms with E-state index < -0.39 is 0 Å². The van der Waals surface area contributed by atoms with Gasteiger partial charge < -0.3 is 10.9 Å². The van der Waals surface area contributed by atoms with Crippen LogP contribution in [0, 0.1) is 6.92 Å². The van der Waals surface area contributed by atoms with Gasteiger partial charge in [0.1, 0.15) is 5.84 Å². The van der Waals surface area contributed by atoms with Crippen LogP contribution >= 0.6 is 0 Å². The van der Waals surface area contributed by atoms with E-state index in [1.165, 1.54) is 0 Å². The van der Waals surface area contributed by atoms with Crippen LogP contribution in [0.4, 0.5) is 0 Å². The molecule has 0 atom stereocenters. The van der Waals surface area contributed by atoms with E-state index in [1.54, 1.807) is 16.9 Å². The molecule has 3 N–H and O–H groups in total. The first kappa shape index (κ1) is 9.45. The first-order valence-corrected chi connectivity index (χ1v) is 4.46. The smallest absolute Gasteiger partial charge is 0.158 e. The number of aromatic nitrogens is 3. The number of oxime groups is 1. The van der Waals surface area contributed by atoms with Gasteiger partial charge in [0, 0.05) is 24.4 Å². The molecule has 6 heteroatoms. The zero-order chi connectivity index (χ0) is 10.8. The number of nitrogens with zero attached hydrogens (tertiary/aromatic N) is 4. The Morgan fingerprint density at radius 3 is 3.13 bits per heavy atom. The minimum atomic E-state index is 0.146. The van der Waals surface area contributed by atoms with Crippen molar-refractivity contribution in [3.63, 3.8) is 0 Å². The van der Waals surface area contributed by atoms with Crippen molar-refractivity contribution in [2.75, 3.05) is 0 Å². The molecule has 0 aliphatic rings. The van der Waals surface area contributed by atoms with Crippen molar-refractivity contribution >= 4 is 11.5 Å². The molecule has 0 spiro atoms. The summed E-state index contributed by atoms with van der Waals surface area (Å²) in [7, 11) is 0. The molecule has 0 fully saturated rings. The zero-order valence-electron chi connectivity index (χ0n) is 8.25. The lowest BCUT2D eigenvalue weighted by atomic mass is 10.2. The average molecular weight is 205 g/mol. The molecule has 0 bridgehead atoms. The molecular formula is C9H11N5O. The molecule has 0 unspecified atom stereocenters. The normalized spacial score (nSPS) is 12.2. The van der Waals surface area contributed by atoms with Crippen molar-refractivity contribution in [2.24, 2.45) is 10.9 Å². The minimum Gasteiger partial charge on any atom is -0.409 e. The molecule has 0 radical (unpaired) electrons. The van der Waals surface area contributed by atoms with Crippen molar-refractivity contribution < 1.29 is 5.21 Å².